The number of amides is 1. The molecule has 2 aliphatic carbocycles. The highest BCUT2D eigenvalue weighted by molar-refractivity contribution is 5.86. The Bertz CT molecular complexity index is 1310. The molecule has 1 saturated carbocycles. The van der Waals surface area contributed by atoms with E-state index in [9.17, 15) is 32.3 Å². The number of fused-ring (bicyclic) bond motifs is 3. The van der Waals surface area contributed by atoms with Crippen LogP contribution in [0.1, 0.15) is 80.2 Å². The van der Waals surface area contributed by atoms with Crippen molar-refractivity contribution in [1.82, 2.24) is 4.90 Å². The highest BCUT2D eigenvalue weighted by atomic mass is 19.4. The van der Waals surface area contributed by atoms with Gasteiger partial charge in [-0.2, -0.15) is 13.2 Å². The van der Waals surface area contributed by atoms with Crippen molar-refractivity contribution in [3.63, 3.8) is 0 Å². The van der Waals surface area contributed by atoms with Gasteiger partial charge in [-0.05, 0) is 92.5 Å². The Morgan fingerprint density at radius 1 is 0.976 bits per heavy atom. The Labute approximate surface area is 236 Å². The van der Waals surface area contributed by atoms with Crippen molar-refractivity contribution in [3.05, 3.63) is 70.3 Å². The van der Waals surface area contributed by atoms with E-state index in [1.807, 2.05) is 24.3 Å². The molecule has 41 heavy (non-hydrogen) atoms. The van der Waals surface area contributed by atoms with Crippen LogP contribution in [0.15, 0.2) is 42.5 Å². The Morgan fingerprint density at radius 2 is 1.61 bits per heavy atom. The number of carboxylic acids is 1. The van der Waals surface area contributed by atoms with Gasteiger partial charge in [-0.1, -0.05) is 49.4 Å². The molecule has 1 saturated heterocycles. The van der Waals surface area contributed by atoms with Gasteiger partial charge in [-0.15, -0.1) is 0 Å². The van der Waals surface area contributed by atoms with Crippen LogP contribution >= 0.6 is 0 Å². The zero-order valence-electron chi connectivity index (χ0n) is 23.4. The number of carbonyl (C=O) groups excluding carboxylic acids is 1. The molecule has 0 spiro atoms. The van der Waals surface area contributed by atoms with Crippen molar-refractivity contribution < 1.29 is 36.6 Å². The predicted octanol–water partition coefficient (Wildman–Crippen LogP) is 7.01. The molecular weight excluding hydrogens is 541 g/mol. The van der Waals surface area contributed by atoms with Crippen molar-refractivity contribution >= 4 is 11.9 Å². The van der Waals surface area contributed by atoms with Gasteiger partial charge in [-0.25, -0.2) is 8.78 Å². The number of likely N-dealkylation sites (tertiary alicyclic amines) is 1. The maximum absolute atomic E-state index is 16.1. The fourth-order valence-electron chi connectivity index (χ4n) is 7.32. The fourth-order valence-corrected chi connectivity index (χ4v) is 7.32. The monoisotopic (exact) mass is 577 g/mol. The summed E-state index contributed by atoms with van der Waals surface area (Å²) >= 11 is 0. The molecule has 1 heterocycles. The second kappa shape index (κ2) is 10.4. The summed E-state index contributed by atoms with van der Waals surface area (Å²) in [6.07, 6.45) is -2.56. The van der Waals surface area contributed by atoms with Gasteiger partial charge >= 0.3 is 12.1 Å². The third-order valence-corrected chi connectivity index (χ3v) is 9.94. The van der Waals surface area contributed by atoms with E-state index in [-0.39, 0.29) is 38.3 Å². The minimum absolute atomic E-state index is 0.0951. The first kappa shape index (κ1) is 29.5. The molecule has 4 nitrogen and oxygen atoms in total. The SMILES string of the molecule is CCc1ccc(CC23CCN(C(=O)[C@]4(F)CC[C@@H](C(=O)O)CC4)C2CCc2cc(C(C)(F)C(F)(F)F)ccc23)cc1. The van der Waals surface area contributed by atoms with Gasteiger partial charge in [0.15, 0.2) is 5.67 Å². The van der Waals surface area contributed by atoms with Crippen LogP contribution in [0.2, 0.25) is 0 Å². The molecule has 3 aliphatic rings. The molecule has 2 fully saturated rings. The number of nitrogens with zero attached hydrogens (tertiary/aromatic N) is 1. The molecular formula is C32H36F5NO3. The first-order valence-electron chi connectivity index (χ1n) is 14.4. The Hall–Kier alpha value is -2.97. The molecule has 5 rings (SSSR count). The van der Waals surface area contributed by atoms with Gasteiger partial charge in [0.25, 0.3) is 5.91 Å². The van der Waals surface area contributed by atoms with Crippen molar-refractivity contribution in [2.75, 3.05) is 6.54 Å². The maximum atomic E-state index is 16.1. The van der Waals surface area contributed by atoms with Gasteiger partial charge in [0, 0.05) is 18.0 Å². The number of carboxylic acid groups (broad SMARTS) is 1. The summed E-state index contributed by atoms with van der Waals surface area (Å²) in [6.45, 7) is 2.87. The zero-order valence-corrected chi connectivity index (χ0v) is 23.4. The van der Waals surface area contributed by atoms with Crippen LogP contribution in [0.5, 0.6) is 0 Å². The highest BCUT2D eigenvalue weighted by Crippen LogP contribution is 2.52. The minimum Gasteiger partial charge on any atom is -0.481 e. The molecule has 0 bridgehead atoms. The third-order valence-electron chi connectivity index (χ3n) is 9.94. The van der Waals surface area contributed by atoms with E-state index in [4.69, 9.17) is 0 Å². The quantitative estimate of drug-likeness (QED) is 0.376. The lowest BCUT2D eigenvalue weighted by atomic mass is 9.63. The number of hydrogen-bond acceptors (Lipinski definition) is 2. The highest BCUT2D eigenvalue weighted by Gasteiger charge is 2.57. The summed E-state index contributed by atoms with van der Waals surface area (Å²) in [5.74, 6) is -2.26. The smallest absolute Gasteiger partial charge is 0.426 e. The first-order chi connectivity index (χ1) is 19.2. The molecule has 3 atom stereocenters. The molecule has 2 aromatic rings. The summed E-state index contributed by atoms with van der Waals surface area (Å²) in [7, 11) is 0. The molecule has 0 aromatic heterocycles. The second-order valence-corrected chi connectivity index (χ2v) is 12.3. The standard InChI is InChI=1S/C32H36F5NO3/c1-3-20-4-6-21(7-5-20)19-30-16-17-38(28(41)31(34)14-12-22(13-15-31)27(39)40)26(30)11-8-23-18-24(9-10-25(23)30)29(2,33)32(35,36)37/h4-7,9-10,18,22,26H,3,8,11-17,19H2,1-2H3,(H,39,40)/t22-,26?,29?,30?,31+. The summed E-state index contributed by atoms with van der Waals surface area (Å²) in [6, 6.07) is 11.8. The van der Waals surface area contributed by atoms with Crippen LogP contribution in [0.25, 0.3) is 0 Å². The molecule has 3 unspecified atom stereocenters. The summed E-state index contributed by atoms with van der Waals surface area (Å²) in [5.41, 5.74) is -3.20. The van der Waals surface area contributed by atoms with E-state index in [2.05, 4.69) is 6.92 Å². The van der Waals surface area contributed by atoms with Crippen molar-refractivity contribution in [2.24, 2.45) is 5.92 Å². The average molecular weight is 578 g/mol. The van der Waals surface area contributed by atoms with E-state index in [1.165, 1.54) is 12.1 Å². The molecule has 1 amide bonds. The van der Waals surface area contributed by atoms with Crippen LogP contribution in [-0.4, -0.2) is 46.3 Å². The van der Waals surface area contributed by atoms with E-state index in [0.29, 0.717) is 38.2 Å². The molecule has 1 N–H and O–H groups in total. The first-order valence-corrected chi connectivity index (χ1v) is 14.4. The number of benzene rings is 2. The number of rotatable bonds is 6. The van der Waals surface area contributed by atoms with Crippen LogP contribution < -0.4 is 0 Å². The van der Waals surface area contributed by atoms with E-state index in [1.54, 1.807) is 11.0 Å². The second-order valence-electron chi connectivity index (χ2n) is 12.3. The Kier molecular flexibility index (Phi) is 7.48. The van der Waals surface area contributed by atoms with Crippen molar-refractivity contribution in [1.29, 1.82) is 0 Å². The van der Waals surface area contributed by atoms with Gasteiger partial charge < -0.3 is 10.0 Å². The Morgan fingerprint density at radius 3 is 2.20 bits per heavy atom. The Balaban J connectivity index is 1.52. The van der Waals surface area contributed by atoms with Crippen molar-refractivity contribution in [2.45, 2.75) is 101 Å². The molecule has 1 aliphatic heterocycles. The largest absolute Gasteiger partial charge is 0.481 e. The zero-order chi connectivity index (χ0) is 29.8. The van der Waals surface area contributed by atoms with Crippen LogP contribution in [0.4, 0.5) is 22.0 Å². The molecule has 0 radical (unpaired) electrons. The van der Waals surface area contributed by atoms with E-state index < -0.39 is 46.3 Å². The fraction of sp³-hybridized carbons (Fsp3) is 0.562. The molecule has 222 valence electrons. The van der Waals surface area contributed by atoms with E-state index >= 15 is 4.39 Å². The number of carbonyl (C=O) groups is 2. The number of alkyl halides is 5. The molecule has 2 aromatic carbocycles. The van der Waals surface area contributed by atoms with Crippen LogP contribution in [0, 0.1) is 5.92 Å². The summed E-state index contributed by atoms with van der Waals surface area (Å²) in [5, 5.41) is 9.32. The van der Waals surface area contributed by atoms with Crippen LogP contribution in [-0.2, 0) is 39.9 Å². The third kappa shape index (κ3) is 5.03. The van der Waals surface area contributed by atoms with Crippen molar-refractivity contribution in [3.8, 4) is 0 Å². The maximum Gasteiger partial charge on any atom is 0.426 e. The summed E-state index contributed by atoms with van der Waals surface area (Å²) < 4.78 is 71.6. The minimum atomic E-state index is -5.07. The lowest BCUT2D eigenvalue weighted by Gasteiger charge is -2.45. The summed E-state index contributed by atoms with van der Waals surface area (Å²) in [4.78, 5) is 26.8. The van der Waals surface area contributed by atoms with Gasteiger partial charge in [0.05, 0.1) is 5.92 Å². The lowest BCUT2D eigenvalue weighted by molar-refractivity contribution is -0.228. The number of halogens is 5. The van der Waals surface area contributed by atoms with Crippen LogP contribution in [0.3, 0.4) is 0 Å². The normalized spacial score (nSPS) is 29.4. The number of aryl methyl sites for hydroxylation is 2. The molecule has 9 heteroatoms. The van der Waals surface area contributed by atoms with E-state index in [0.717, 1.165) is 23.1 Å². The van der Waals surface area contributed by atoms with Gasteiger partial charge in [0.2, 0.25) is 5.67 Å². The van der Waals surface area contributed by atoms with Gasteiger partial charge in [0.1, 0.15) is 0 Å². The topological polar surface area (TPSA) is 57.6 Å². The average Bonchev–Trinajstić information content (AvgIpc) is 3.31. The van der Waals surface area contributed by atoms with Gasteiger partial charge in [-0.3, -0.25) is 9.59 Å². The predicted molar refractivity (Wildman–Crippen MR) is 144 cm³/mol. The number of hydrogen-bond donors (Lipinski definition) is 1. The lowest BCUT2D eigenvalue weighted by Crippen LogP contribution is -2.55. The number of aliphatic carboxylic acids is 1.